The van der Waals surface area contributed by atoms with Crippen molar-refractivity contribution in [2.45, 2.75) is 24.8 Å². The van der Waals surface area contributed by atoms with E-state index in [2.05, 4.69) is 6.58 Å². The molecule has 0 amide bonds. The third kappa shape index (κ3) is 2.85. The van der Waals surface area contributed by atoms with Gasteiger partial charge < -0.3 is 5.73 Å². The first-order valence-electron chi connectivity index (χ1n) is 5.49. The lowest BCUT2D eigenvalue weighted by atomic mass is 10.3. The SMILES string of the molecule is C=CCN(C(C)C)S(=O)(=O)c1c(N)cccc1Cl. The summed E-state index contributed by atoms with van der Waals surface area (Å²) in [6, 6.07) is 4.44. The van der Waals surface area contributed by atoms with E-state index in [0.29, 0.717) is 0 Å². The van der Waals surface area contributed by atoms with Crippen molar-refractivity contribution in [3.05, 3.63) is 35.9 Å². The fourth-order valence-electron chi connectivity index (χ4n) is 1.63. The lowest BCUT2D eigenvalue weighted by Crippen LogP contribution is -2.37. The Morgan fingerprint density at radius 3 is 2.56 bits per heavy atom. The van der Waals surface area contributed by atoms with Gasteiger partial charge in [0.25, 0.3) is 0 Å². The molecule has 100 valence electrons. The molecule has 0 bridgehead atoms. The smallest absolute Gasteiger partial charge is 0.247 e. The van der Waals surface area contributed by atoms with Gasteiger partial charge in [-0.05, 0) is 26.0 Å². The van der Waals surface area contributed by atoms with Gasteiger partial charge in [0.2, 0.25) is 10.0 Å². The van der Waals surface area contributed by atoms with Crippen LogP contribution in [0.1, 0.15) is 13.8 Å². The Kier molecular flexibility index (Phi) is 4.78. The van der Waals surface area contributed by atoms with Crippen LogP contribution in [0.5, 0.6) is 0 Å². The molecule has 0 heterocycles. The molecule has 1 rings (SSSR count). The van der Waals surface area contributed by atoms with Crippen LogP contribution in [0.25, 0.3) is 0 Å². The van der Waals surface area contributed by atoms with Crippen LogP contribution in [0, 0.1) is 0 Å². The third-order valence-corrected chi connectivity index (χ3v) is 5.04. The van der Waals surface area contributed by atoms with Gasteiger partial charge in [0.05, 0.1) is 10.7 Å². The first-order chi connectivity index (χ1) is 8.32. The maximum Gasteiger partial charge on any atom is 0.247 e. The lowest BCUT2D eigenvalue weighted by molar-refractivity contribution is 0.383. The van der Waals surface area contributed by atoms with Crippen LogP contribution in [0.3, 0.4) is 0 Å². The van der Waals surface area contributed by atoms with Crippen molar-refractivity contribution in [2.24, 2.45) is 0 Å². The quantitative estimate of drug-likeness (QED) is 0.669. The van der Waals surface area contributed by atoms with E-state index in [1.807, 2.05) is 0 Å². The average molecular weight is 289 g/mol. The molecule has 0 aliphatic heterocycles. The molecule has 0 spiro atoms. The Labute approximate surface area is 113 Å². The number of nitrogens with zero attached hydrogens (tertiary/aromatic N) is 1. The molecule has 0 saturated carbocycles. The first-order valence-corrected chi connectivity index (χ1v) is 7.31. The van der Waals surface area contributed by atoms with Crippen LogP contribution >= 0.6 is 11.6 Å². The number of rotatable bonds is 5. The average Bonchev–Trinajstić information content (AvgIpc) is 2.24. The summed E-state index contributed by atoms with van der Waals surface area (Å²) in [4.78, 5) is -0.0396. The monoisotopic (exact) mass is 288 g/mol. The highest BCUT2D eigenvalue weighted by Crippen LogP contribution is 2.30. The highest BCUT2D eigenvalue weighted by molar-refractivity contribution is 7.89. The van der Waals surface area contributed by atoms with Crippen molar-refractivity contribution in [2.75, 3.05) is 12.3 Å². The van der Waals surface area contributed by atoms with Crippen molar-refractivity contribution < 1.29 is 8.42 Å². The molecule has 0 unspecified atom stereocenters. The van der Waals surface area contributed by atoms with E-state index in [4.69, 9.17) is 17.3 Å². The molecule has 0 atom stereocenters. The minimum Gasteiger partial charge on any atom is -0.398 e. The minimum atomic E-state index is -3.72. The second kappa shape index (κ2) is 5.73. The maximum atomic E-state index is 12.5. The van der Waals surface area contributed by atoms with Gasteiger partial charge >= 0.3 is 0 Å². The number of anilines is 1. The van der Waals surface area contributed by atoms with E-state index in [-0.39, 0.29) is 28.2 Å². The normalized spacial score (nSPS) is 12.1. The summed E-state index contributed by atoms with van der Waals surface area (Å²) in [7, 11) is -3.72. The Morgan fingerprint density at radius 1 is 1.50 bits per heavy atom. The minimum absolute atomic E-state index is 0.0396. The molecule has 2 N–H and O–H groups in total. The van der Waals surface area contributed by atoms with E-state index in [0.717, 1.165) is 0 Å². The van der Waals surface area contributed by atoms with E-state index < -0.39 is 10.0 Å². The Hall–Kier alpha value is -1.04. The van der Waals surface area contributed by atoms with Crippen molar-refractivity contribution in [1.82, 2.24) is 4.31 Å². The number of nitrogen functional groups attached to an aromatic ring is 1. The van der Waals surface area contributed by atoms with E-state index >= 15 is 0 Å². The van der Waals surface area contributed by atoms with Gasteiger partial charge in [-0.15, -0.1) is 6.58 Å². The number of benzene rings is 1. The maximum absolute atomic E-state index is 12.5. The van der Waals surface area contributed by atoms with Crippen molar-refractivity contribution in [3.8, 4) is 0 Å². The third-order valence-electron chi connectivity index (χ3n) is 2.45. The molecular formula is C12H17ClN2O2S. The van der Waals surface area contributed by atoms with Gasteiger partial charge in [0.1, 0.15) is 4.90 Å². The van der Waals surface area contributed by atoms with Gasteiger partial charge in [0.15, 0.2) is 0 Å². The number of halogens is 1. The lowest BCUT2D eigenvalue weighted by Gasteiger charge is -2.25. The highest BCUT2D eigenvalue weighted by atomic mass is 35.5. The predicted octanol–water partition coefficient (Wildman–Crippen LogP) is 2.51. The summed E-state index contributed by atoms with van der Waals surface area (Å²) in [5.74, 6) is 0. The standard InChI is InChI=1S/C12H17ClN2O2S/c1-4-8-15(9(2)3)18(16,17)12-10(13)6-5-7-11(12)14/h4-7,9H,1,8,14H2,2-3H3. The molecule has 0 radical (unpaired) electrons. The molecule has 0 aliphatic rings. The molecular weight excluding hydrogens is 272 g/mol. The first kappa shape index (κ1) is 15.0. The topological polar surface area (TPSA) is 63.4 Å². The number of nitrogens with two attached hydrogens (primary N) is 1. The van der Waals surface area contributed by atoms with Gasteiger partial charge in [-0.3, -0.25) is 0 Å². The fourth-order valence-corrected chi connectivity index (χ4v) is 3.87. The van der Waals surface area contributed by atoms with E-state index in [1.54, 1.807) is 19.9 Å². The molecule has 6 heteroatoms. The van der Waals surface area contributed by atoms with E-state index in [9.17, 15) is 8.42 Å². The Morgan fingerprint density at radius 2 is 2.11 bits per heavy atom. The summed E-state index contributed by atoms with van der Waals surface area (Å²) >= 11 is 5.95. The van der Waals surface area contributed by atoms with Crippen molar-refractivity contribution in [3.63, 3.8) is 0 Å². The van der Waals surface area contributed by atoms with Crippen LogP contribution in [0.15, 0.2) is 35.7 Å². The van der Waals surface area contributed by atoms with Crippen molar-refractivity contribution >= 4 is 27.3 Å². The zero-order valence-corrected chi connectivity index (χ0v) is 12.0. The zero-order valence-electron chi connectivity index (χ0n) is 10.4. The molecule has 1 aromatic rings. The number of hydrogen-bond donors (Lipinski definition) is 1. The molecule has 18 heavy (non-hydrogen) atoms. The molecule has 0 aromatic heterocycles. The molecule has 1 aromatic carbocycles. The second-order valence-corrected chi connectivity index (χ2v) is 6.35. The molecule has 0 aliphatic carbocycles. The van der Waals surface area contributed by atoms with E-state index in [1.165, 1.54) is 22.5 Å². The number of hydrogen-bond acceptors (Lipinski definition) is 3. The Balaban J connectivity index is 3.40. The van der Waals surface area contributed by atoms with Gasteiger partial charge in [-0.25, -0.2) is 8.42 Å². The van der Waals surface area contributed by atoms with Crippen molar-refractivity contribution in [1.29, 1.82) is 0 Å². The number of sulfonamides is 1. The van der Waals surface area contributed by atoms with Crippen LogP contribution in [-0.2, 0) is 10.0 Å². The fraction of sp³-hybridized carbons (Fsp3) is 0.333. The largest absolute Gasteiger partial charge is 0.398 e. The van der Waals surface area contributed by atoms with Crippen LogP contribution in [0.4, 0.5) is 5.69 Å². The van der Waals surface area contributed by atoms with Crippen LogP contribution in [0.2, 0.25) is 5.02 Å². The summed E-state index contributed by atoms with van der Waals surface area (Å²) in [6.45, 7) is 7.35. The predicted molar refractivity (Wildman–Crippen MR) is 75.1 cm³/mol. The summed E-state index contributed by atoms with van der Waals surface area (Å²) < 4.78 is 26.3. The van der Waals surface area contributed by atoms with Crippen LogP contribution in [-0.4, -0.2) is 25.3 Å². The van der Waals surface area contributed by atoms with Gasteiger partial charge in [-0.2, -0.15) is 4.31 Å². The Bertz CT molecular complexity index is 521. The second-order valence-electron chi connectivity index (χ2n) is 4.12. The molecule has 0 saturated heterocycles. The molecule has 4 nitrogen and oxygen atoms in total. The molecule has 0 fully saturated rings. The summed E-state index contributed by atoms with van der Waals surface area (Å²) in [5.41, 5.74) is 5.88. The highest BCUT2D eigenvalue weighted by Gasteiger charge is 2.29. The summed E-state index contributed by atoms with van der Waals surface area (Å²) in [6.07, 6.45) is 1.53. The zero-order chi connectivity index (χ0) is 13.9. The summed E-state index contributed by atoms with van der Waals surface area (Å²) in [5, 5.41) is 0.129. The van der Waals surface area contributed by atoms with Gasteiger partial charge in [-0.1, -0.05) is 23.7 Å². The van der Waals surface area contributed by atoms with Gasteiger partial charge in [0, 0.05) is 12.6 Å². The van der Waals surface area contributed by atoms with Crippen LogP contribution < -0.4 is 5.73 Å².